The molecule has 0 atom stereocenters. The lowest BCUT2D eigenvalue weighted by Gasteiger charge is -2.08. The Morgan fingerprint density at radius 1 is 0.938 bits per heavy atom. The first-order valence-electron chi connectivity index (χ1n) is 4.56. The van der Waals surface area contributed by atoms with Gasteiger partial charge in [-0.25, -0.2) is 0 Å². The minimum absolute atomic E-state index is 0.0243. The van der Waals surface area contributed by atoms with Gasteiger partial charge in [0.25, 0.3) is 0 Å². The van der Waals surface area contributed by atoms with E-state index >= 15 is 0 Å². The number of hydrogen-bond acceptors (Lipinski definition) is 2. The monoisotopic (exact) mass is 342 g/mol. The van der Waals surface area contributed by atoms with E-state index in [-0.39, 0.29) is 11.5 Å². The molecule has 0 radical (unpaired) electrons. The maximum Gasteiger partial charge on any atom is 0.141 e. The average molecular weight is 344 g/mol. The quantitative estimate of drug-likeness (QED) is 0.810. The molecule has 2 N–H and O–H groups in total. The normalized spacial score (nSPS) is 10.4. The summed E-state index contributed by atoms with van der Waals surface area (Å²) in [6, 6.07) is 10.8. The van der Waals surface area contributed by atoms with Crippen molar-refractivity contribution in [1.82, 2.24) is 0 Å². The molecule has 0 heterocycles. The minimum atomic E-state index is 0.0243. The second kappa shape index (κ2) is 4.47. The largest absolute Gasteiger partial charge is 0.507 e. The van der Waals surface area contributed by atoms with E-state index in [4.69, 9.17) is 0 Å². The molecule has 2 rings (SSSR count). The third-order valence-electron chi connectivity index (χ3n) is 2.23. The van der Waals surface area contributed by atoms with Crippen LogP contribution >= 0.6 is 31.9 Å². The highest BCUT2D eigenvalue weighted by Gasteiger charge is 2.11. The molecule has 0 fully saturated rings. The zero-order valence-corrected chi connectivity index (χ0v) is 11.3. The van der Waals surface area contributed by atoms with E-state index in [1.54, 1.807) is 12.1 Å². The van der Waals surface area contributed by atoms with Gasteiger partial charge in [-0.2, -0.15) is 0 Å². The van der Waals surface area contributed by atoms with Gasteiger partial charge in [-0.3, -0.25) is 0 Å². The van der Waals surface area contributed by atoms with Crippen molar-refractivity contribution >= 4 is 31.9 Å². The SMILES string of the molecule is Oc1ccc(-c2cccc(Br)c2)c(O)c1Br. The van der Waals surface area contributed by atoms with Gasteiger partial charge in [0.1, 0.15) is 16.0 Å². The summed E-state index contributed by atoms with van der Waals surface area (Å²) < 4.78 is 1.25. The van der Waals surface area contributed by atoms with E-state index in [2.05, 4.69) is 31.9 Å². The lowest BCUT2D eigenvalue weighted by atomic mass is 10.0. The molecular formula is C12H8Br2O2. The Morgan fingerprint density at radius 3 is 2.38 bits per heavy atom. The molecule has 82 valence electrons. The fourth-order valence-electron chi connectivity index (χ4n) is 1.44. The molecule has 2 aromatic carbocycles. The van der Waals surface area contributed by atoms with Crippen LogP contribution in [0.15, 0.2) is 45.3 Å². The van der Waals surface area contributed by atoms with Crippen LogP contribution in [0.2, 0.25) is 0 Å². The fraction of sp³-hybridized carbons (Fsp3) is 0. The van der Waals surface area contributed by atoms with E-state index in [0.29, 0.717) is 10.0 Å². The first-order chi connectivity index (χ1) is 7.59. The second-order valence-corrected chi connectivity index (χ2v) is 5.01. The fourth-order valence-corrected chi connectivity index (χ4v) is 2.19. The van der Waals surface area contributed by atoms with Crippen LogP contribution in [0.5, 0.6) is 11.5 Å². The third kappa shape index (κ3) is 2.08. The topological polar surface area (TPSA) is 40.5 Å². The molecule has 16 heavy (non-hydrogen) atoms. The van der Waals surface area contributed by atoms with Crippen LogP contribution in [-0.2, 0) is 0 Å². The second-order valence-electron chi connectivity index (χ2n) is 3.31. The summed E-state index contributed by atoms with van der Waals surface area (Å²) in [6.45, 7) is 0. The van der Waals surface area contributed by atoms with Gasteiger partial charge in [0.05, 0.1) is 0 Å². The number of aromatic hydroxyl groups is 2. The van der Waals surface area contributed by atoms with Gasteiger partial charge < -0.3 is 10.2 Å². The summed E-state index contributed by atoms with van der Waals surface area (Å²) in [6.07, 6.45) is 0. The van der Waals surface area contributed by atoms with Crippen molar-refractivity contribution in [3.8, 4) is 22.6 Å². The summed E-state index contributed by atoms with van der Waals surface area (Å²) >= 11 is 6.51. The van der Waals surface area contributed by atoms with Gasteiger partial charge in [0, 0.05) is 10.0 Å². The predicted molar refractivity (Wildman–Crippen MR) is 70.6 cm³/mol. The van der Waals surface area contributed by atoms with Gasteiger partial charge in [-0.15, -0.1) is 0 Å². The number of phenols is 2. The van der Waals surface area contributed by atoms with E-state index in [1.807, 2.05) is 24.3 Å². The lowest BCUT2D eigenvalue weighted by Crippen LogP contribution is -1.81. The number of benzene rings is 2. The zero-order valence-electron chi connectivity index (χ0n) is 8.11. The molecule has 0 saturated carbocycles. The molecule has 4 heteroatoms. The summed E-state index contributed by atoms with van der Waals surface area (Å²) in [4.78, 5) is 0. The molecule has 0 aromatic heterocycles. The molecule has 0 amide bonds. The van der Waals surface area contributed by atoms with Crippen molar-refractivity contribution in [3.05, 3.63) is 45.3 Å². The highest BCUT2D eigenvalue weighted by atomic mass is 79.9. The van der Waals surface area contributed by atoms with Gasteiger partial charge in [0.2, 0.25) is 0 Å². The van der Waals surface area contributed by atoms with Crippen molar-refractivity contribution < 1.29 is 10.2 Å². The molecule has 0 bridgehead atoms. The highest BCUT2D eigenvalue weighted by molar-refractivity contribution is 9.11. The molecule has 0 spiro atoms. The minimum Gasteiger partial charge on any atom is -0.507 e. The third-order valence-corrected chi connectivity index (χ3v) is 3.51. The van der Waals surface area contributed by atoms with Gasteiger partial charge in [-0.05, 0) is 45.8 Å². The molecule has 0 saturated heterocycles. The standard InChI is InChI=1S/C12H8Br2O2/c13-8-3-1-2-7(6-8)9-4-5-10(15)11(14)12(9)16/h1-6,15-16H. The van der Waals surface area contributed by atoms with E-state index in [9.17, 15) is 10.2 Å². The smallest absolute Gasteiger partial charge is 0.141 e. The van der Waals surface area contributed by atoms with Crippen molar-refractivity contribution in [2.45, 2.75) is 0 Å². The number of hydrogen-bond donors (Lipinski definition) is 2. The lowest BCUT2D eigenvalue weighted by molar-refractivity contribution is 0.446. The Balaban J connectivity index is 2.61. The summed E-state index contributed by atoms with van der Waals surface area (Å²) in [5.41, 5.74) is 1.55. The van der Waals surface area contributed by atoms with E-state index in [0.717, 1.165) is 10.0 Å². The molecule has 0 aliphatic rings. The molecule has 2 aromatic rings. The molecule has 0 unspecified atom stereocenters. The Labute approximate surface area is 110 Å². The molecule has 0 aliphatic carbocycles. The van der Waals surface area contributed by atoms with Crippen LogP contribution in [0.1, 0.15) is 0 Å². The number of phenolic OH excluding ortho intramolecular Hbond substituents is 2. The van der Waals surface area contributed by atoms with Gasteiger partial charge >= 0.3 is 0 Å². The van der Waals surface area contributed by atoms with Crippen molar-refractivity contribution in [1.29, 1.82) is 0 Å². The summed E-state index contributed by atoms with van der Waals surface area (Å²) in [5.74, 6) is 0.0642. The van der Waals surface area contributed by atoms with Crippen LogP contribution in [0, 0.1) is 0 Å². The molecular weight excluding hydrogens is 336 g/mol. The Kier molecular flexibility index (Phi) is 3.21. The molecule has 0 aliphatic heterocycles. The maximum absolute atomic E-state index is 9.90. The maximum atomic E-state index is 9.90. The van der Waals surface area contributed by atoms with Gasteiger partial charge in [-0.1, -0.05) is 28.1 Å². The Hall–Kier alpha value is -1.00. The van der Waals surface area contributed by atoms with Gasteiger partial charge in [0.15, 0.2) is 0 Å². The molecule has 2 nitrogen and oxygen atoms in total. The van der Waals surface area contributed by atoms with Crippen molar-refractivity contribution in [2.24, 2.45) is 0 Å². The first-order valence-corrected chi connectivity index (χ1v) is 6.14. The highest BCUT2D eigenvalue weighted by Crippen LogP contribution is 2.40. The van der Waals surface area contributed by atoms with Crippen LogP contribution < -0.4 is 0 Å². The van der Waals surface area contributed by atoms with Crippen molar-refractivity contribution in [3.63, 3.8) is 0 Å². The number of rotatable bonds is 1. The predicted octanol–water partition coefficient (Wildman–Crippen LogP) is 4.29. The van der Waals surface area contributed by atoms with Crippen LogP contribution in [0.4, 0.5) is 0 Å². The summed E-state index contributed by atoms with van der Waals surface area (Å²) in [5, 5.41) is 19.3. The number of halogens is 2. The summed E-state index contributed by atoms with van der Waals surface area (Å²) in [7, 11) is 0. The zero-order chi connectivity index (χ0) is 11.7. The van der Waals surface area contributed by atoms with Crippen molar-refractivity contribution in [2.75, 3.05) is 0 Å². The van der Waals surface area contributed by atoms with E-state index in [1.165, 1.54) is 0 Å². The first kappa shape index (κ1) is 11.5. The van der Waals surface area contributed by atoms with Crippen LogP contribution in [-0.4, -0.2) is 10.2 Å². The van der Waals surface area contributed by atoms with Crippen LogP contribution in [0.25, 0.3) is 11.1 Å². The Bertz CT molecular complexity index is 539. The average Bonchev–Trinajstić information content (AvgIpc) is 2.26. The Morgan fingerprint density at radius 2 is 1.69 bits per heavy atom. The van der Waals surface area contributed by atoms with E-state index < -0.39 is 0 Å². The van der Waals surface area contributed by atoms with Crippen LogP contribution in [0.3, 0.4) is 0 Å².